The van der Waals surface area contributed by atoms with Crippen LogP contribution in [0.5, 0.6) is 5.75 Å². The molecule has 0 spiro atoms. The number of rotatable bonds is 6. The molecule has 27 heavy (non-hydrogen) atoms. The quantitative estimate of drug-likeness (QED) is 0.718. The summed E-state index contributed by atoms with van der Waals surface area (Å²) in [6.45, 7) is -1.10. The zero-order valence-electron chi connectivity index (χ0n) is 14.0. The third kappa shape index (κ3) is 5.30. The molecule has 0 radical (unpaired) electrons. The maximum atomic E-state index is 12.2. The standard InChI is InChI=1S/C18H15F3N4O2/c19-18(20,21)10-27-16-7-1-13(2-8-16)9-23-17(26)14-3-5-15(6-4-14)25-12-22-11-24-25/h1-8,11-12H,9-10H2,(H,23,26). The highest BCUT2D eigenvalue weighted by atomic mass is 19.4. The number of amides is 1. The van der Waals surface area contributed by atoms with E-state index >= 15 is 0 Å². The van der Waals surface area contributed by atoms with Gasteiger partial charge in [-0.25, -0.2) is 9.67 Å². The van der Waals surface area contributed by atoms with E-state index in [0.29, 0.717) is 5.56 Å². The van der Waals surface area contributed by atoms with Crippen molar-refractivity contribution >= 4 is 5.91 Å². The summed E-state index contributed by atoms with van der Waals surface area (Å²) < 4.78 is 42.6. The average molecular weight is 376 g/mol. The molecule has 0 aliphatic carbocycles. The summed E-state index contributed by atoms with van der Waals surface area (Å²) in [5, 5.41) is 6.75. The highest BCUT2D eigenvalue weighted by molar-refractivity contribution is 5.94. The molecule has 0 saturated carbocycles. The number of carbonyl (C=O) groups excluding carboxylic acids is 1. The Morgan fingerprint density at radius 2 is 1.78 bits per heavy atom. The minimum absolute atomic E-state index is 0.117. The third-order valence-corrected chi connectivity index (χ3v) is 3.59. The lowest BCUT2D eigenvalue weighted by Gasteiger charge is -2.10. The molecule has 3 rings (SSSR count). The van der Waals surface area contributed by atoms with Gasteiger partial charge in [-0.05, 0) is 42.0 Å². The summed E-state index contributed by atoms with van der Waals surface area (Å²) in [5.74, 6) is -0.149. The molecular formula is C18H15F3N4O2. The molecule has 1 N–H and O–H groups in total. The van der Waals surface area contributed by atoms with Gasteiger partial charge in [0.25, 0.3) is 5.91 Å². The van der Waals surface area contributed by atoms with Crippen molar-refractivity contribution < 1.29 is 22.7 Å². The zero-order chi connectivity index (χ0) is 19.3. The summed E-state index contributed by atoms with van der Waals surface area (Å²) in [5.41, 5.74) is 1.99. The molecule has 1 aromatic heterocycles. The number of carbonyl (C=O) groups is 1. The molecule has 6 nitrogen and oxygen atoms in total. The highest BCUT2D eigenvalue weighted by Crippen LogP contribution is 2.19. The van der Waals surface area contributed by atoms with Crippen LogP contribution in [0.25, 0.3) is 5.69 Å². The SMILES string of the molecule is O=C(NCc1ccc(OCC(F)(F)F)cc1)c1ccc(-n2cncn2)cc1. The van der Waals surface area contributed by atoms with Crippen LogP contribution in [0.15, 0.2) is 61.2 Å². The average Bonchev–Trinajstić information content (AvgIpc) is 3.19. The Bertz CT molecular complexity index is 876. The topological polar surface area (TPSA) is 69.0 Å². The van der Waals surface area contributed by atoms with Gasteiger partial charge in [0.1, 0.15) is 18.4 Å². The molecule has 1 heterocycles. The van der Waals surface area contributed by atoms with Gasteiger partial charge in [0.2, 0.25) is 0 Å². The van der Waals surface area contributed by atoms with Crippen LogP contribution in [-0.4, -0.2) is 33.5 Å². The Hall–Kier alpha value is -3.36. The lowest BCUT2D eigenvalue weighted by atomic mass is 10.1. The van der Waals surface area contributed by atoms with Gasteiger partial charge in [-0.15, -0.1) is 0 Å². The summed E-state index contributed by atoms with van der Waals surface area (Å²) >= 11 is 0. The third-order valence-electron chi connectivity index (χ3n) is 3.59. The maximum Gasteiger partial charge on any atom is 0.422 e. The van der Waals surface area contributed by atoms with E-state index in [1.165, 1.54) is 18.5 Å². The van der Waals surface area contributed by atoms with E-state index in [1.54, 1.807) is 47.4 Å². The van der Waals surface area contributed by atoms with Gasteiger partial charge in [0.05, 0.1) is 5.69 Å². The van der Waals surface area contributed by atoms with Gasteiger partial charge in [-0.2, -0.15) is 18.3 Å². The van der Waals surface area contributed by atoms with Crippen molar-refractivity contribution in [3.8, 4) is 11.4 Å². The Labute approximate surface area is 152 Å². The van der Waals surface area contributed by atoms with Gasteiger partial charge in [-0.1, -0.05) is 12.1 Å². The molecule has 2 aromatic carbocycles. The van der Waals surface area contributed by atoms with Gasteiger partial charge >= 0.3 is 6.18 Å². The summed E-state index contributed by atoms with van der Waals surface area (Å²) in [6.07, 6.45) is -1.41. The van der Waals surface area contributed by atoms with Crippen LogP contribution in [0.1, 0.15) is 15.9 Å². The number of ether oxygens (including phenoxy) is 1. The molecule has 0 aliphatic rings. The predicted molar refractivity (Wildman–Crippen MR) is 90.5 cm³/mol. The molecular weight excluding hydrogens is 361 g/mol. The van der Waals surface area contributed by atoms with Gasteiger partial charge < -0.3 is 10.1 Å². The lowest BCUT2D eigenvalue weighted by molar-refractivity contribution is -0.153. The fraction of sp³-hybridized carbons (Fsp3) is 0.167. The largest absolute Gasteiger partial charge is 0.484 e. The van der Waals surface area contributed by atoms with Crippen LogP contribution < -0.4 is 10.1 Å². The van der Waals surface area contributed by atoms with E-state index in [9.17, 15) is 18.0 Å². The van der Waals surface area contributed by atoms with Crippen LogP contribution >= 0.6 is 0 Å². The van der Waals surface area contributed by atoms with E-state index in [1.807, 2.05) is 0 Å². The number of hydrogen-bond donors (Lipinski definition) is 1. The molecule has 0 unspecified atom stereocenters. The minimum Gasteiger partial charge on any atom is -0.484 e. The van der Waals surface area contributed by atoms with Crippen molar-refractivity contribution in [2.24, 2.45) is 0 Å². The molecule has 0 fully saturated rings. The van der Waals surface area contributed by atoms with E-state index in [-0.39, 0.29) is 18.2 Å². The van der Waals surface area contributed by atoms with Gasteiger partial charge in [0.15, 0.2) is 6.61 Å². The number of aromatic nitrogens is 3. The Morgan fingerprint density at radius 1 is 1.07 bits per heavy atom. The molecule has 9 heteroatoms. The van der Waals surface area contributed by atoms with Crippen LogP contribution in [0, 0.1) is 0 Å². The second-order valence-corrected chi connectivity index (χ2v) is 5.62. The first-order valence-corrected chi connectivity index (χ1v) is 7.92. The second kappa shape index (κ2) is 7.90. The molecule has 140 valence electrons. The number of nitrogens with zero attached hydrogens (tertiary/aromatic N) is 3. The van der Waals surface area contributed by atoms with Crippen LogP contribution in [0.2, 0.25) is 0 Å². The smallest absolute Gasteiger partial charge is 0.422 e. The normalized spacial score (nSPS) is 11.2. The summed E-state index contributed by atoms with van der Waals surface area (Å²) in [6, 6.07) is 12.9. The first-order chi connectivity index (χ1) is 12.9. The molecule has 0 aliphatic heterocycles. The van der Waals surface area contributed by atoms with E-state index in [4.69, 9.17) is 0 Å². The monoisotopic (exact) mass is 376 g/mol. The first kappa shape index (κ1) is 18.4. The van der Waals surface area contributed by atoms with Crippen molar-refractivity contribution in [1.82, 2.24) is 20.1 Å². The van der Waals surface area contributed by atoms with E-state index in [2.05, 4.69) is 20.1 Å². The van der Waals surface area contributed by atoms with Crippen molar-refractivity contribution in [1.29, 1.82) is 0 Å². The number of benzene rings is 2. The fourth-order valence-corrected chi connectivity index (χ4v) is 2.26. The molecule has 0 bridgehead atoms. The second-order valence-electron chi connectivity index (χ2n) is 5.62. The Kier molecular flexibility index (Phi) is 5.39. The van der Waals surface area contributed by atoms with E-state index in [0.717, 1.165) is 11.3 Å². The van der Waals surface area contributed by atoms with Crippen LogP contribution in [0.3, 0.4) is 0 Å². The number of alkyl halides is 3. The Morgan fingerprint density at radius 3 is 2.37 bits per heavy atom. The van der Waals surface area contributed by atoms with Crippen molar-refractivity contribution in [2.75, 3.05) is 6.61 Å². The maximum absolute atomic E-state index is 12.2. The number of halogens is 3. The van der Waals surface area contributed by atoms with E-state index < -0.39 is 12.8 Å². The first-order valence-electron chi connectivity index (χ1n) is 7.92. The number of nitrogens with one attached hydrogen (secondary N) is 1. The van der Waals surface area contributed by atoms with Gasteiger partial charge in [-0.3, -0.25) is 4.79 Å². The summed E-state index contributed by atoms with van der Waals surface area (Å²) in [7, 11) is 0. The van der Waals surface area contributed by atoms with Crippen LogP contribution in [0.4, 0.5) is 13.2 Å². The molecule has 3 aromatic rings. The Balaban J connectivity index is 1.53. The predicted octanol–water partition coefficient (Wildman–Crippen LogP) is 3.14. The zero-order valence-corrected chi connectivity index (χ0v) is 14.0. The number of hydrogen-bond acceptors (Lipinski definition) is 4. The summed E-state index contributed by atoms with van der Waals surface area (Å²) in [4.78, 5) is 16.1. The molecule has 0 saturated heterocycles. The van der Waals surface area contributed by atoms with Crippen molar-refractivity contribution in [3.05, 3.63) is 72.3 Å². The minimum atomic E-state index is -4.38. The molecule has 0 atom stereocenters. The fourth-order valence-electron chi connectivity index (χ4n) is 2.26. The highest BCUT2D eigenvalue weighted by Gasteiger charge is 2.28. The van der Waals surface area contributed by atoms with Crippen LogP contribution in [-0.2, 0) is 6.54 Å². The molecule has 1 amide bonds. The van der Waals surface area contributed by atoms with Crippen molar-refractivity contribution in [2.45, 2.75) is 12.7 Å². The van der Waals surface area contributed by atoms with Crippen molar-refractivity contribution in [3.63, 3.8) is 0 Å². The van der Waals surface area contributed by atoms with Gasteiger partial charge in [0, 0.05) is 12.1 Å². The lowest BCUT2D eigenvalue weighted by Crippen LogP contribution is -2.22.